The Balaban J connectivity index is 1.37. The summed E-state index contributed by atoms with van der Waals surface area (Å²) in [6, 6.07) is 12.2. The minimum atomic E-state index is -1.06. The van der Waals surface area contributed by atoms with E-state index in [0.717, 1.165) is 36.8 Å². The Bertz CT molecular complexity index is 1270. The minimum absolute atomic E-state index is 0.0658. The number of nitrogens with one attached hydrogen (secondary N) is 1. The maximum absolute atomic E-state index is 13.9. The molecule has 39 heavy (non-hydrogen) atoms. The molecule has 2 heterocycles. The van der Waals surface area contributed by atoms with E-state index in [2.05, 4.69) is 5.32 Å². The standard InChI is InChI=1S/C30H34N2O7/c33-12-11-31-30(36)21-15-22(28(35)29-27(21)20-7-3-4-8-23(20)39-29)32(26(34)14-18-5-1-2-6-18)16-19-9-10-24-25(13-19)38-17-37-24/h3-4,7-10,13,15,18,22,27-29,33,35H,1-2,5-6,11-12,14,16-17H2,(H,31,36)/t22-,27+,28+,29+/m1/s1. The Morgan fingerprint density at radius 1 is 1.03 bits per heavy atom. The van der Waals surface area contributed by atoms with Crippen molar-refractivity contribution in [2.24, 2.45) is 5.92 Å². The Morgan fingerprint density at radius 3 is 2.64 bits per heavy atom. The molecule has 2 amide bonds. The van der Waals surface area contributed by atoms with Crippen molar-refractivity contribution in [3.05, 3.63) is 65.2 Å². The maximum Gasteiger partial charge on any atom is 0.247 e. The van der Waals surface area contributed by atoms with Gasteiger partial charge in [0.15, 0.2) is 11.5 Å². The topological polar surface area (TPSA) is 118 Å². The van der Waals surface area contributed by atoms with Crippen molar-refractivity contribution in [1.29, 1.82) is 0 Å². The lowest BCUT2D eigenvalue weighted by molar-refractivity contribution is -0.139. The monoisotopic (exact) mass is 534 g/mol. The quantitative estimate of drug-likeness (QED) is 0.477. The smallest absolute Gasteiger partial charge is 0.247 e. The summed E-state index contributed by atoms with van der Waals surface area (Å²) in [7, 11) is 0. The van der Waals surface area contributed by atoms with Crippen molar-refractivity contribution in [2.45, 2.75) is 62.8 Å². The van der Waals surface area contributed by atoms with Crippen molar-refractivity contribution < 1.29 is 34.0 Å². The zero-order valence-electron chi connectivity index (χ0n) is 21.8. The second-order valence-electron chi connectivity index (χ2n) is 10.7. The number of carbonyl (C=O) groups is 2. The number of para-hydroxylation sites is 1. The van der Waals surface area contributed by atoms with Gasteiger partial charge in [0, 0.05) is 30.6 Å². The highest BCUT2D eigenvalue weighted by Crippen LogP contribution is 2.47. The van der Waals surface area contributed by atoms with E-state index in [0.29, 0.717) is 35.2 Å². The van der Waals surface area contributed by atoms with E-state index in [1.165, 1.54) is 0 Å². The molecular formula is C30H34N2O7. The fourth-order valence-corrected chi connectivity index (χ4v) is 6.37. The number of aliphatic hydroxyl groups is 2. The molecule has 4 aliphatic rings. The molecule has 0 spiro atoms. The zero-order chi connectivity index (χ0) is 26.9. The molecule has 4 atom stereocenters. The molecular weight excluding hydrogens is 500 g/mol. The zero-order valence-corrected chi connectivity index (χ0v) is 21.8. The summed E-state index contributed by atoms with van der Waals surface area (Å²) in [6.07, 6.45) is 4.61. The number of hydrogen-bond acceptors (Lipinski definition) is 7. The molecule has 3 N–H and O–H groups in total. The average molecular weight is 535 g/mol. The van der Waals surface area contributed by atoms with Gasteiger partial charge in [-0.05, 0) is 48.6 Å². The fourth-order valence-electron chi connectivity index (χ4n) is 6.37. The van der Waals surface area contributed by atoms with E-state index in [-0.39, 0.29) is 38.3 Å². The van der Waals surface area contributed by atoms with Gasteiger partial charge in [-0.2, -0.15) is 0 Å². The molecule has 0 unspecified atom stereocenters. The molecule has 9 nitrogen and oxygen atoms in total. The summed E-state index contributed by atoms with van der Waals surface area (Å²) in [4.78, 5) is 28.9. The normalized spacial score (nSPS) is 24.9. The number of ether oxygens (including phenoxy) is 3. The molecule has 206 valence electrons. The summed E-state index contributed by atoms with van der Waals surface area (Å²) in [5, 5.41) is 23.8. The van der Waals surface area contributed by atoms with Crippen molar-refractivity contribution in [2.75, 3.05) is 19.9 Å². The number of aliphatic hydroxyl groups excluding tert-OH is 2. The summed E-state index contributed by atoms with van der Waals surface area (Å²) >= 11 is 0. The third kappa shape index (κ3) is 4.96. The second-order valence-corrected chi connectivity index (χ2v) is 10.7. The van der Waals surface area contributed by atoms with Crippen LogP contribution in [0, 0.1) is 5.92 Å². The highest BCUT2D eigenvalue weighted by Gasteiger charge is 2.50. The van der Waals surface area contributed by atoms with Gasteiger partial charge in [-0.15, -0.1) is 0 Å². The van der Waals surface area contributed by atoms with E-state index in [1.807, 2.05) is 42.5 Å². The van der Waals surface area contributed by atoms with Crippen molar-refractivity contribution in [1.82, 2.24) is 10.2 Å². The van der Waals surface area contributed by atoms with Gasteiger partial charge in [0.1, 0.15) is 18.0 Å². The molecule has 0 radical (unpaired) electrons. The van der Waals surface area contributed by atoms with E-state index < -0.39 is 24.2 Å². The Hall–Kier alpha value is -3.56. The van der Waals surface area contributed by atoms with Crippen LogP contribution in [-0.4, -0.2) is 65.1 Å². The van der Waals surface area contributed by atoms with E-state index in [9.17, 15) is 19.8 Å². The summed E-state index contributed by atoms with van der Waals surface area (Å²) in [6.45, 7) is 0.296. The van der Waals surface area contributed by atoms with Gasteiger partial charge in [0.05, 0.1) is 18.6 Å². The first kappa shape index (κ1) is 25.7. The molecule has 2 aromatic carbocycles. The average Bonchev–Trinajstić information content (AvgIpc) is 3.71. The van der Waals surface area contributed by atoms with Crippen LogP contribution in [0.5, 0.6) is 17.2 Å². The van der Waals surface area contributed by atoms with Crippen LogP contribution in [0.15, 0.2) is 54.1 Å². The molecule has 0 bridgehead atoms. The largest absolute Gasteiger partial charge is 0.486 e. The van der Waals surface area contributed by atoms with Crippen molar-refractivity contribution in [3.63, 3.8) is 0 Å². The van der Waals surface area contributed by atoms with E-state index >= 15 is 0 Å². The van der Waals surface area contributed by atoms with Crippen LogP contribution in [-0.2, 0) is 16.1 Å². The third-order valence-electron chi connectivity index (χ3n) is 8.29. The number of amides is 2. The minimum Gasteiger partial charge on any atom is -0.486 e. The SMILES string of the molecule is O=C(NCCO)C1=C[C@@H](N(Cc2ccc3c(c2)OCO3)C(=O)CC2CCCC2)[C@H](O)[C@H]2Oc3ccccc3[C@@H]12. The number of benzene rings is 2. The molecule has 0 aromatic heterocycles. The molecule has 1 fully saturated rings. The van der Waals surface area contributed by atoms with Crippen LogP contribution in [0.1, 0.15) is 49.1 Å². The van der Waals surface area contributed by atoms with Gasteiger partial charge < -0.3 is 34.6 Å². The predicted octanol–water partition coefficient (Wildman–Crippen LogP) is 2.65. The Morgan fingerprint density at radius 2 is 1.82 bits per heavy atom. The number of hydrogen-bond donors (Lipinski definition) is 3. The van der Waals surface area contributed by atoms with Gasteiger partial charge >= 0.3 is 0 Å². The van der Waals surface area contributed by atoms with Gasteiger partial charge in [-0.3, -0.25) is 9.59 Å². The van der Waals surface area contributed by atoms with Gasteiger partial charge in [-0.1, -0.05) is 37.1 Å². The first-order valence-electron chi connectivity index (χ1n) is 13.8. The lowest BCUT2D eigenvalue weighted by Crippen LogP contribution is -2.55. The lowest BCUT2D eigenvalue weighted by atomic mass is 9.77. The van der Waals surface area contributed by atoms with Crippen LogP contribution in [0.25, 0.3) is 0 Å². The van der Waals surface area contributed by atoms with Crippen LogP contribution >= 0.6 is 0 Å². The Kier molecular flexibility index (Phi) is 7.18. The summed E-state index contributed by atoms with van der Waals surface area (Å²) in [5.41, 5.74) is 2.09. The second kappa shape index (κ2) is 10.9. The number of fused-ring (bicyclic) bond motifs is 4. The van der Waals surface area contributed by atoms with E-state index in [4.69, 9.17) is 14.2 Å². The maximum atomic E-state index is 13.9. The lowest BCUT2D eigenvalue weighted by Gasteiger charge is -2.41. The number of rotatable bonds is 8. The van der Waals surface area contributed by atoms with Crippen LogP contribution in [0.2, 0.25) is 0 Å². The first-order valence-corrected chi connectivity index (χ1v) is 13.8. The molecule has 2 aliphatic carbocycles. The summed E-state index contributed by atoms with van der Waals surface area (Å²) < 4.78 is 17.2. The first-order chi connectivity index (χ1) is 19.0. The number of carbonyl (C=O) groups excluding carboxylic acids is 2. The van der Waals surface area contributed by atoms with E-state index in [1.54, 1.807) is 11.0 Å². The molecule has 2 aromatic rings. The highest BCUT2D eigenvalue weighted by atomic mass is 16.7. The van der Waals surface area contributed by atoms with Crippen molar-refractivity contribution >= 4 is 11.8 Å². The van der Waals surface area contributed by atoms with Crippen molar-refractivity contribution in [3.8, 4) is 17.2 Å². The molecule has 2 aliphatic heterocycles. The van der Waals surface area contributed by atoms with Crippen LogP contribution in [0.3, 0.4) is 0 Å². The molecule has 1 saturated carbocycles. The van der Waals surface area contributed by atoms with Gasteiger partial charge in [-0.25, -0.2) is 0 Å². The molecule has 9 heteroatoms. The van der Waals surface area contributed by atoms with Crippen LogP contribution < -0.4 is 19.5 Å². The predicted molar refractivity (Wildman–Crippen MR) is 141 cm³/mol. The summed E-state index contributed by atoms with van der Waals surface area (Å²) in [5.74, 6) is 1.31. The van der Waals surface area contributed by atoms with Gasteiger partial charge in [0.2, 0.25) is 18.6 Å². The van der Waals surface area contributed by atoms with Crippen LogP contribution in [0.4, 0.5) is 0 Å². The highest BCUT2D eigenvalue weighted by molar-refractivity contribution is 5.96. The molecule has 6 rings (SSSR count). The Labute approximate surface area is 227 Å². The number of nitrogens with zero attached hydrogens (tertiary/aromatic N) is 1. The fraction of sp³-hybridized carbons (Fsp3) is 0.467. The van der Waals surface area contributed by atoms with Gasteiger partial charge in [0.25, 0.3) is 0 Å². The third-order valence-corrected chi connectivity index (χ3v) is 8.29. The molecule has 0 saturated heterocycles.